The number of piperidine rings is 1. The van der Waals surface area contributed by atoms with Crippen molar-refractivity contribution in [3.05, 3.63) is 71.1 Å². The van der Waals surface area contributed by atoms with Crippen LogP contribution in [-0.4, -0.2) is 47.5 Å². The quantitative estimate of drug-likeness (QED) is 0.452. The number of pyridine rings is 2. The first-order chi connectivity index (χ1) is 16.5. The van der Waals surface area contributed by atoms with Crippen LogP contribution in [0, 0.1) is 32.5 Å². The van der Waals surface area contributed by atoms with Crippen molar-refractivity contribution in [3.8, 4) is 11.4 Å². The van der Waals surface area contributed by atoms with Crippen LogP contribution in [0.3, 0.4) is 0 Å². The van der Waals surface area contributed by atoms with Gasteiger partial charge in [0.2, 0.25) is 0 Å². The average molecular weight is 456 g/mol. The van der Waals surface area contributed by atoms with Gasteiger partial charge in [0, 0.05) is 37.2 Å². The van der Waals surface area contributed by atoms with Gasteiger partial charge in [-0.1, -0.05) is 0 Å². The molecule has 34 heavy (non-hydrogen) atoms. The van der Waals surface area contributed by atoms with E-state index in [-0.39, 0.29) is 0 Å². The number of aromatic nitrogens is 6. The molecular weight excluding hydrogens is 429 g/mol. The molecule has 0 radical (unpaired) electrons. The van der Waals surface area contributed by atoms with Crippen LogP contribution in [0.4, 0.5) is 4.39 Å². The Morgan fingerprint density at radius 2 is 1.82 bits per heavy atom. The molecule has 0 amide bonds. The lowest BCUT2D eigenvalue weighted by atomic mass is 9.84. The number of allylic oxidation sites excluding steroid dienone is 1. The lowest BCUT2D eigenvalue weighted by Gasteiger charge is -2.39. The van der Waals surface area contributed by atoms with E-state index >= 15 is 0 Å². The number of aryl methyl sites for hydroxylation is 3. The van der Waals surface area contributed by atoms with Gasteiger partial charge in [-0.3, -0.25) is 9.97 Å². The highest BCUT2D eigenvalue weighted by atomic mass is 19.1. The highest BCUT2D eigenvalue weighted by molar-refractivity contribution is 5.79. The molecule has 0 aromatic carbocycles. The van der Waals surface area contributed by atoms with E-state index in [0.717, 1.165) is 41.3 Å². The molecule has 0 unspecified atom stereocenters. The summed E-state index contributed by atoms with van der Waals surface area (Å²) in [6, 6.07) is 3.64. The first kappa shape index (κ1) is 20.9. The molecule has 0 atom stereocenters. The van der Waals surface area contributed by atoms with Gasteiger partial charge in [-0.25, -0.2) is 19.3 Å². The fourth-order valence-electron chi connectivity index (χ4n) is 5.17. The van der Waals surface area contributed by atoms with Crippen molar-refractivity contribution in [2.75, 3.05) is 13.1 Å². The normalized spacial score (nSPS) is 15.9. The van der Waals surface area contributed by atoms with Crippen LogP contribution in [0.15, 0.2) is 36.9 Å². The number of halogens is 1. The summed E-state index contributed by atoms with van der Waals surface area (Å²) in [4.78, 5) is 25.3. The van der Waals surface area contributed by atoms with Crippen LogP contribution in [0.25, 0.3) is 28.1 Å². The Bertz CT molecular complexity index is 1450. The first-order valence-electron chi connectivity index (χ1n) is 11.7. The molecular formula is C26H26FN7. The molecule has 8 heteroatoms. The van der Waals surface area contributed by atoms with E-state index in [1.165, 1.54) is 30.7 Å². The summed E-state index contributed by atoms with van der Waals surface area (Å²) in [6.45, 7) is 8.73. The van der Waals surface area contributed by atoms with Crippen LogP contribution in [0.5, 0.6) is 0 Å². The second-order valence-electron chi connectivity index (χ2n) is 9.33. The second-order valence-corrected chi connectivity index (χ2v) is 9.33. The van der Waals surface area contributed by atoms with Crippen molar-refractivity contribution < 1.29 is 4.39 Å². The second kappa shape index (κ2) is 7.97. The summed E-state index contributed by atoms with van der Waals surface area (Å²) < 4.78 is 16.0. The molecule has 7 heterocycles. The summed E-state index contributed by atoms with van der Waals surface area (Å²) in [5, 5.41) is 0. The molecule has 7 rings (SSSR count). The van der Waals surface area contributed by atoms with Gasteiger partial charge in [0.25, 0.3) is 0 Å². The molecule has 1 saturated heterocycles. The van der Waals surface area contributed by atoms with E-state index in [2.05, 4.69) is 39.0 Å². The predicted octanol–water partition coefficient (Wildman–Crippen LogP) is 4.46. The molecule has 172 valence electrons. The highest BCUT2D eigenvalue weighted by Crippen LogP contribution is 2.37. The average Bonchev–Trinajstić information content (AvgIpc) is 3.19. The van der Waals surface area contributed by atoms with Crippen LogP contribution in [0.1, 0.15) is 41.2 Å². The van der Waals surface area contributed by atoms with Gasteiger partial charge in [-0.2, -0.15) is 0 Å². The fourth-order valence-corrected chi connectivity index (χ4v) is 5.17. The van der Waals surface area contributed by atoms with E-state index in [1.54, 1.807) is 6.20 Å². The predicted molar refractivity (Wildman–Crippen MR) is 128 cm³/mol. The molecule has 1 fully saturated rings. The Hall–Kier alpha value is -3.68. The maximum Gasteiger partial charge on any atom is 0.164 e. The molecule has 4 aromatic heterocycles. The molecule has 2 bridgehead atoms. The molecule has 3 aliphatic rings. The zero-order valence-corrected chi connectivity index (χ0v) is 19.6. The van der Waals surface area contributed by atoms with Crippen molar-refractivity contribution in [1.29, 1.82) is 0 Å². The van der Waals surface area contributed by atoms with Crippen molar-refractivity contribution in [3.63, 3.8) is 0 Å². The summed E-state index contributed by atoms with van der Waals surface area (Å²) in [7, 11) is 0. The van der Waals surface area contributed by atoms with Crippen LogP contribution >= 0.6 is 0 Å². The zero-order valence-electron chi connectivity index (χ0n) is 19.6. The number of hydrogen-bond donors (Lipinski definition) is 0. The summed E-state index contributed by atoms with van der Waals surface area (Å²) in [6.07, 6.45) is 9.49. The first-order valence-corrected chi connectivity index (χ1v) is 11.7. The Labute approximate surface area is 197 Å². The Morgan fingerprint density at radius 3 is 2.53 bits per heavy atom. The van der Waals surface area contributed by atoms with Crippen molar-refractivity contribution >= 4 is 16.7 Å². The van der Waals surface area contributed by atoms with Crippen LogP contribution in [-0.2, 0) is 6.54 Å². The fraction of sp³-hybridized carbons (Fsp3) is 0.346. The van der Waals surface area contributed by atoms with Gasteiger partial charge in [-0.05, 0) is 68.4 Å². The minimum atomic E-state index is -0.400. The third-order valence-corrected chi connectivity index (χ3v) is 6.98. The Morgan fingerprint density at radius 1 is 1.00 bits per heavy atom. The van der Waals surface area contributed by atoms with E-state index < -0.39 is 5.82 Å². The van der Waals surface area contributed by atoms with Gasteiger partial charge in [-0.15, -0.1) is 0 Å². The standard InChI is InChI=1S/C26H26FN7/c1-15-8-23(22-14-33-6-4-18(22)5-7-33)29-11-20(15)13-34-25(19-9-21(27)12-28-10-19)32-24-16(2)30-17(3)31-26(24)34/h8-12,14,18H,4-7,13H2,1-3H3. The Balaban J connectivity index is 1.44. The van der Waals surface area contributed by atoms with Gasteiger partial charge < -0.3 is 9.47 Å². The van der Waals surface area contributed by atoms with E-state index in [0.29, 0.717) is 35.2 Å². The maximum atomic E-state index is 14.0. The molecule has 0 spiro atoms. The van der Waals surface area contributed by atoms with Crippen LogP contribution in [0.2, 0.25) is 0 Å². The summed E-state index contributed by atoms with van der Waals surface area (Å²) in [5.41, 5.74) is 7.50. The Kier molecular flexibility index (Phi) is 4.90. The largest absolute Gasteiger partial charge is 0.377 e. The zero-order chi connectivity index (χ0) is 23.4. The smallest absolute Gasteiger partial charge is 0.164 e. The third kappa shape index (κ3) is 3.54. The lowest BCUT2D eigenvalue weighted by molar-refractivity contribution is 0.252. The summed E-state index contributed by atoms with van der Waals surface area (Å²) >= 11 is 0. The SMILES string of the molecule is Cc1nc(C)c2nc(-c3cncc(F)c3)n(Cc3cnc(C4=CN5CCC4CC5)cc3C)c2n1. The number of imidazole rings is 1. The van der Waals surface area contributed by atoms with E-state index in [4.69, 9.17) is 9.97 Å². The number of rotatable bonds is 4. The molecule has 7 nitrogen and oxygen atoms in total. The van der Waals surface area contributed by atoms with Crippen molar-refractivity contribution in [2.45, 2.75) is 40.2 Å². The molecule has 0 aliphatic carbocycles. The van der Waals surface area contributed by atoms with Gasteiger partial charge in [0.15, 0.2) is 5.65 Å². The third-order valence-electron chi connectivity index (χ3n) is 6.98. The lowest BCUT2D eigenvalue weighted by Crippen LogP contribution is -2.35. The maximum absolute atomic E-state index is 14.0. The van der Waals surface area contributed by atoms with E-state index in [1.807, 2.05) is 24.6 Å². The van der Waals surface area contributed by atoms with Crippen LogP contribution < -0.4 is 0 Å². The topological polar surface area (TPSA) is 72.6 Å². The number of nitrogens with zero attached hydrogens (tertiary/aromatic N) is 7. The molecule has 4 aromatic rings. The van der Waals surface area contributed by atoms with Gasteiger partial charge in [0.1, 0.15) is 23.0 Å². The number of hydrogen-bond acceptors (Lipinski definition) is 6. The molecule has 3 aliphatic heterocycles. The minimum absolute atomic E-state index is 0.400. The number of fused-ring (bicyclic) bond motifs is 3. The van der Waals surface area contributed by atoms with Gasteiger partial charge >= 0.3 is 0 Å². The van der Waals surface area contributed by atoms with Gasteiger partial charge in [0.05, 0.1) is 24.1 Å². The van der Waals surface area contributed by atoms with Crippen molar-refractivity contribution in [2.24, 2.45) is 5.92 Å². The molecule has 0 N–H and O–H groups in total. The van der Waals surface area contributed by atoms with E-state index in [9.17, 15) is 4.39 Å². The van der Waals surface area contributed by atoms with Crippen molar-refractivity contribution in [1.82, 2.24) is 34.4 Å². The monoisotopic (exact) mass is 455 g/mol. The minimum Gasteiger partial charge on any atom is -0.377 e. The molecule has 0 saturated carbocycles. The summed E-state index contributed by atoms with van der Waals surface area (Å²) in [5.74, 6) is 1.50. The highest BCUT2D eigenvalue weighted by Gasteiger charge is 2.28.